The molecule has 0 fully saturated rings. The average molecular weight is 246 g/mol. The highest BCUT2D eigenvalue weighted by atomic mass is 19.4. The monoisotopic (exact) mass is 246 g/mol. The second-order valence-corrected chi connectivity index (χ2v) is 3.50. The third-order valence-corrected chi connectivity index (χ3v) is 2.22. The molecule has 0 heterocycles. The second kappa shape index (κ2) is 5.18. The topological polar surface area (TPSA) is 55.1 Å². The van der Waals surface area contributed by atoms with E-state index in [4.69, 9.17) is 5.73 Å². The molecule has 0 aromatic heterocycles. The van der Waals surface area contributed by atoms with Gasteiger partial charge in [0.15, 0.2) is 0 Å². The van der Waals surface area contributed by atoms with E-state index in [1.54, 1.807) is 6.92 Å². The zero-order chi connectivity index (χ0) is 13.1. The summed E-state index contributed by atoms with van der Waals surface area (Å²) in [4.78, 5) is 11.4. The van der Waals surface area contributed by atoms with Crippen molar-refractivity contribution in [2.45, 2.75) is 19.1 Å². The van der Waals surface area contributed by atoms with Gasteiger partial charge >= 0.3 is 6.18 Å². The van der Waals surface area contributed by atoms with Crippen LogP contribution in [0.15, 0.2) is 24.3 Å². The standard InChI is InChI=1S/C11H13F3N2O/c1-2-16-10(17)8-5-3-7(4-6-8)9(15)11(12,13)14/h3-6,9H,2,15H2,1H3,(H,16,17). The van der Waals surface area contributed by atoms with Crippen molar-refractivity contribution in [1.82, 2.24) is 5.32 Å². The molecule has 1 aromatic carbocycles. The zero-order valence-electron chi connectivity index (χ0n) is 9.21. The fourth-order valence-electron chi connectivity index (χ4n) is 1.29. The minimum atomic E-state index is -4.48. The van der Waals surface area contributed by atoms with Gasteiger partial charge in [-0.3, -0.25) is 4.79 Å². The van der Waals surface area contributed by atoms with Gasteiger partial charge in [-0.1, -0.05) is 12.1 Å². The van der Waals surface area contributed by atoms with Crippen molar-refractivity contribution in [2.24, 2.45) is 5.73 Å². The highest BCUT2D eigenvalue weighted by molar-refractivity contribution is 5.94. The van der Waals surface area contributed by atoms with Crippen molar-refractivity contribution < 1.29 is 18.0 Å². The van der Waals surface area contributed by atoms with E-state index >= 15 is 0 Å². The number of rotatable bonds is 3. The Morgan fingerprint density at radius 2 is 1.88 bits per heavy atom. The molecule has 1 amide bonds. The Kier molecular flexibility index (Phi) is 4.11. The Bertz CT molecular complexity index is 387. The van der Waals surface area contributed by atoms with Crippen LogP contribution in [0.4, 0.5) is 13.2 Å². The number of halogens is 3. The van der Waals surface area contributed by atoms with Gasteiger partial charge in [-0.05, 0) is 24.6 Å². The summed E-state index contributed by atoms with van der Waals surface area (Å²) in [5.41, 5.74) is 5.28. The van der Waals surface area contributed by atoms with E-state index in [1.807, 2.05) is 0 Å². The molecule has 0 saturated carbocycles. The summed E-state index contributed by atoms with van der Waals surface area (Å²) >= 11 is 0. The van der Waals surface area contributed by atoms with E-state index in [0.29, 0.717) is 12.1 Å². The third kappa shape index (κ3) is 3.45. The van der Waals surface area contributed by atoms with Gasteiger partial charge in [0.05, 0.1) is 0 Å². The molecule has 0 saturated heterocycles. The smallest absolute Gasteiger partial charge is 0.352 e. The number of hydrogen-bond acceptors (Lipinski definition) is 2. The van der Waals surface area contributed by atoms with E-state index < -0.39 is 12.2 Å². The minimum absolute atomic E-state index is 0.0643. The number of carbonyl (C=O) groups excluding carboxylic acids is 1. The predicted octanol–water partition coefficient (Wildman–Crippen LogP) is 2.00. The molecule has 6 heteroatoms. The van der Waals surface area contributed by atoms with Crippen molar-refractivity contribution in [1.29, 1.82) is 0 Å². The Morgan fingerprint density at radius 3 is 2.29 bits per heavy atom. The van der Waals surface area contributed by atoms with E-state index in [1.165, 1.54) is 24.3 Å². The number of nitrogens with one attached hydrogen (secondary N) is 1. The van der Waals surface area contributed by atoms with Crippen LogP contribution >= 0.6 is 0 Å². The Balaban J connectivity index is 2.85. The van der Waals surface area contributed by atoms with Gasteiger partial charge in [0.2, 0.25) is 0 Å². The molecular weight excluding hydrogens is 233 g/mol. The second-order valence-electron chi connectivity index (χ2n) is 3.50. The van der Waals surface area contributed by atoms with E-state index in [2.05, 4.69) is 5.32 Å². The Labute approximate surface area is 96.8 Å². The van der Waals surface area contributed by atoms with Crippen LogP contribution in [0.3, 0.4) is 0 Å². The van der Waals surface area contributed by atoms with Crippen LogP contribution in [0.2, 0.25) is 0 Å². The number of alkyl halides is 3. The first-order chi connectivity index (χ1) is 7.86. The summed E-state index contributed by atoms with van der Waals surface area (Å²) in [5, 5.41) is 2.55. The number of carbonyl (C=O) groups is 1. The molecule has 1 rings (SSSR count). The zero-order valence-corrected chi connectivity index (χ0v) is 9.21. The lowest BCUT2D eigenvalue weighted by molar-refractivity contribution is -0.149. The minimum Gasteiger partial charge on any atom is -0.352 e. The van der Waals surface area contributed by atoms with Crippen molar-refractivity contribution in [3.8, 4) is 0 Å². The van der Waals surface area contributed by atoms with E-state index in [9.17, 15) is 18.0 Å². The normalized spacial score (nSPS) is 13.2. The number of nitrogens with two attached hydrogens (primary N) is 1. The Hall–Kier alpha value is -1.56. The number of amides is 1. The van der Waals surface area contributed by atoms with Crippen LogP contribution in [-0.4, -0.2) is 18.6 Å². The fraction of sp³-hybridized carbons (Fsp3) is 0.364. The first kappa shape index (κ1) is 13.5. The van der Waals surface area contributed by atoms with Gasteiger partial charge in [-0.25, -0.2) is 0 Å². The molecule has 0 aliphatic carbocycles. The molecule has 0 spiro atoms. The number of benzene rings is 1. The first-order valence-corrected chi connectivity index (χ1v) is 5.06. The first-order valence-electron chi connectivity index (χ1n) is 5.06. The van der Waals surface area contributed by atoms with Crippen LogP contribution in [0.25, 0.3) is 0 Å². The average Bonchev–Trinajstić information content (AvgIpc) is 2.27. The van der Waals surface area contributed by atoms with Crippen LogP contribution in [0, 0.1) is 0 Å². The van der Waals surface area contributed by atoms with Gasteiger partial charge in [0.1, 0.15) is 6.04 Å². The SMILES string of the molecule is CCNC(=O)c1ccc(C(N)C(F)(F)F)cc1. The van der Waals surface area contributed by atoms with Crippen molar-refractivity contribution in [3.63, 3.8) is 0 Å². The number of hydrogen-bond donors (Lipinski definition) is 2. The fourth-order valence-corrected chi connectivity index (χ4v) is 1.29. The molecule has 94 valence electrons. The summed E-state index contributed by atoms with van der Waals surface area (Å²) in [6, 6.07) is 3.05. The third-order valence-electron chi connectivity index (χ3n) is 2.22. The molecular formula is C11H13F3N2O. The lowest BCUT2D eigenvalue weighted by Gasteiger charge is -2.15. The highest BCUT2D eigenvalue weighted by Crippen LogP contribution is 2.30. The lowest BCUT2D eigenvalue weighted by atomic mass is 10.0. The molecule has 0 radical (unpaired) electrons. The quantitative estimate of drug-likeness (QED) is 0.857. The van der Waals surface area contributed by atoms with Crippen LogP contribution < -0.4 is 11.1 Å². The van der Waals surface area contributed by atoms with E-state index in [0.717, 1.165) is 0 Å². The van der Waals surface area contributed by atoms with E-state index in [-0.39, 0.29) is 11.5 Å². The molecule has 0 aliphatic heterocycles. The molecule has 1 aromatic rings. The van der Waals surface area contributed by atoms with Crippen molar-refractivity contribution >= 4 is 5.91 Å². The molecule has 3 N–H and O–H groups in total. The van der Waals surface area contributed by atoms with Gasteiger partial charge in [0.25, 0.3) is 5.91 Å². The molecule has 0 bridgehead atoms. The molecule has 1 unspecified atom stereocenters. The maximum absolute atomic E-state index is 12.3. The van der Waals surface area contributed by atoms with Gasteiger partial charge in [0, 0.05) is 12.1 Å². The van der Waals surface area contributed by atoms with Crippen LogP contribution in [-0.2, 0) is 0 Å². The summed E-state index contributed by atoms with van der Waals surface area (Å²) < 4.78 is 36.9. The summed E-state index contributed by atoms with van der Waals surface area (Å²) in [6.45, 7) is 2.22. The van der Waals surface area contributed by atoms with Crippen molar-refractivity contribution in [3.05, 3.63) is 35.4 Å². The summed E-state index contributed by atoms with van der Waals surface area (Å²) in [6.07, 6.45) is -4.48. The lowest BCUT2D eigenvalue weighted by Crippen LogP contribution is -2.28. The Morgan fingerprint density at radius 1 is 1.35 bits per heavy atom. The molecule has 3 nitrogen and oxygen atoms in total. The highest BCUT2D eigenvalue weighted by Gasteiger charge is 2.37. The molecule has 17 heavy (non-hydrogen) atoms. The molecule has 0 aliphatic rings. The maximum atomic E-state index is 12.3. The van der Waals surface area contributed by atoms with Gasteiger partial charge in [-0.15, -0.1) is 0 Å². The summed E-state index contributed by atoms with van der Waals surface area (Å²) in [5.74, 6) is -0.320. The predicted molar refractivity (Wildman–Crippen MR) is 57.4 cm³/mol. The van der Waals surface area contributed by atoms with Gasteiger partial charge in [-0.2, -0.15) is 13.2 Å². The molecule has 1 atom stereocenters. The van der Waals surface area contributed by atoms with Gasteiger partial charge < -0.3 is 11.1 Å². The van der Waals surface area contributed by atoms with Crippen molar-refractivity contribution in [2.75, 3.05) is 6.54 Å². The van der Waals surface area contributed by atoms with Crippen LogP contribution in [0.1, 0.15) is 28.9 Å². The maximum Gasteiger partial charge on any atom is 0.407 e. The van der Waals surface area contributed by atoms with Crippen LogP contribution in [0.5, 0.6) is 0 Å². The summed E-state index contributed by atoms with van der Waals surface area (Å²) in [7, 11) is 0. The largest absolute Gasteiger partial charge is 0.407 e.